The molecule has 0 spiro atoms. The summed E-state index contributed by atoms with van der Waals surface area (Å²) in [6, 6.07) is 11.3. The van der Waals surface area contributed by atoms with E-state index in [1.54, 1.807) is 26.2 Å². The Morgan fingerprint density at radius 1 is 1.16 bits per heavy atom. The van der Waals surface area contributed by atoms with Crippen molar-refractivity contribution in [2.75, 3.05) is 24.7 Å². The van der Waals surface area contributed by atoms with Crippen LogP contribution in [0.3, 0.4) is 0 Å². The van der Waals surface area contributed by atoms with Crippen LogP contribution in [-0.4, -0.2) is 39.2 Å². The number of nitrogens with zero attached hydrogens (tertiary/aromatic N) is 3. The first-order valence-electron chi connectivity index (χ1n) is 10.4. The molecule has 3 aromatic rings. The van der Waals surface area contributed by atoms with Crippen molar-refractivity contribution in [3.63, 3.8) is 0 Å². The van der Waals surface area contributed by atoms with E-state index in [4.69, 9.17) is 11.0 Å². The molecule has 32 heavy (non-hydrogen) atoms. The van der Waals surface area contributed by atoms with Crippen LogP contribution < -0.4 is 16.6 Å². The van der Waals surface area contributed by atoms with E-state index in [1.165, 1.54) is 11.5 Å². The number of anilines is 2. The highest BCUT2D eigenvalue weighted by Gasteiger charge is 2.03. The van der Waals surface area contributed by atoms with Crippen LogP contribution in [0.15, 0.2) is 47.4 Å². The molecule has 0 amide bonds. The third kappa shape index (κ3) is 11.2. The van der Waals surface area contributed by atoms with Crippen molar-refractivity contribution in [1.82, 2.24) is 14.5 Å². The molecular weight excluding hydrogens is 410 g/mol. The molecule has 0 aliphatic carbocycles. The van der Waals surface area contributed by atoms with Crippen molar-refractivity contribution < 1.29 is 14.9 Å². The number of aryl methyl sites for hydroxylation is 2. The van der Waals surface area contributed by atoms with Crippen molar-refractivity contribution in [3.05, 3.63) is 58.6 Å². The number of benzene rings is 1. The average Bonchev–Trinajstić information content (AvgIpc) is 2.81. The van der Waals surface area contributed by atoms with Gasteiger partial charge in [0.2, 0.25) is 0 Å². The number of fused-ring (bicyclic) bond motifs is 1. The molecular formula is C23H37N5O4. The van der Waals surface area contributed by atoms with Crippen LogP contribution in [0.1, 0.15) is 40.3 Å². The lowest BCUT2D eigenvalue weighted by atomic mass is 10.3. The van der Waals surface area contributed by atoms with E-state index < -0.39 is 0 Å². The van der Waals surface area contributed by atoms with Gasteiger partial charge in [-0.3, -0.25) is 19.4 Å². The number of carbonyl (C=O) groups excluding carboxylic acids is 1. The van der Waals surface area contributed by atoms with E-state index >= 15 is 0 Å². The van der Waals surface area contributed by atoms with Gasteiger partial charge < -0.3 is 11.1 Å². The van der Waals surface area contributed by atoms with Crippen LogP contribution >= 0.6 is 0 Å². The van der Waals surface area contributed by atoms with Crippen LogP contribution in [0.5, 0.6) is 0 Å². The highest BCUT2D eigenvalue weighted by molar-refractivity contribution is 5.76. The van der Waals surface area contributed by atoms with E-state index in [1.807, 2.05) is 65.1 Å². The number of rotatable bonds is 3. The van der Waals surface area contributed by atoms with Crippen LogP contribution in [0.4, 0.5) is 11.4 Å². The number of pyridine rings is 1. The third-order valence-electron chi connectivity index (χ3n) is 3.48. The second kappa shape index (κ2) is 18.5. The van der Waals surface area contributed by atoms with Gasteiger partial charge in [0.25, 0.3) is 5.56 Å². The topological polar surface area (TPSA) is 132 Å². The molecule has 0 aliphatic rings. The number of Topliss-reactive ketones (excluding diaryl/α,β-unsaturated/α-hetero) is 1. The smallest absolute Gasteiger partial charge is 0.273 e. The predicted molar refractivity (Wildman–Crippen MR) is 132 cm³/mol. The number of ketones is 1. The number of hydrogen-bond acceptors (Lipinski definition) is 8. The lowest BCUT2D eigenvalue weighted by Gasteiger charge is -2.02. The molecule has 2 aromatic heterocycles. The van der Waals surface area contributed by atoms with Crippen molar-refractivity contribution in [2.45, 2.75) is 41.5 Å². The summed E-state index contributed by atoms with van der Waals surface area (Å²) < 4.78 is 1.51. The normalized spacial score (nSPS) is 8.78. The molecule has 0 radical (unpaired) electrons. The minimum Gasteiger partial charge on any atom is -0.397 e. The predicted octanol–water partition coefficient (Wildman–Crippen LogP) is 4.06. The molecule has 0 aliphatic heterocycles. The second-order valence-corrected chi connectivity index (χ2v) is 5.72. The number of nitrogen functional groups attached to an aromatic ring is 1. The van der Waals surface area contributed by atoms with Gasteiger partial charge in [0, 0.05) is 20.3 Å². The lowest BCUT2D eigenvalue weighted by molar-refractivity contribution is -0.237. The van der Waals surface area contributed by atoms with Crippen molar-refractivity contribution in [3.8, 4) is 0 Å². The van der Waals surface area contributed by atoms with Gasteiger partial charge in [0.15, 0.2) is 11.4 Å². The number of nitrogens with one attached hydrogen (secondary N) is 1. The lowest BCUT2D eigenvalue weighted by Crippen LogP contribution is -2.21. The summed E-state index contributed by atoms with van der Waals surface area (Å²) in [5.41, 5.74) is 9.13. The first-order chi connectivity index (χ1) is 15.3. The molecule has 9 heteroatoms. The Kier molecular flexibility index (Phi) is 17.8. The van der Waals surface area contributed by atoms with Gasteiger partial charge in [0.1, 0.15) is 17.8 Å². The zero-order chi connectivity index (χ0) is 25.1. The molecule has 3 rings (SSSR count). The monoisotopic (exact) mass is 447 g/mol. The molecule has 0 unspecified atom stereocenters. The Morgan fingerprint density at radius 2 is 1.75 bits per heavy atom. The van der Waals surface area contributed by atoms with Crippen LogP contribution in [0.25, 0.3) is 11.2 Å². The highest BCUT2D eigenvalue weighted by atomic mass is 17.1. The molecule has 2 heterocycles. The largest absolute Gasteiger partial charge is 0.397 e. The first kappa shape index (κ1) is 30.9. The number of nitrogens with two attached hydrogens (primary N) is 1. The Morgan fingerprint density at radius 3 is 2.19 bits per heavy atom. The minimum absolute atomic E-state index is 0.0915. The van der Waals surface area contributed by atoms with Crippen molar-refractivity contribution in [2.24, 2.45) is 7.05 Å². The molecule has 0 fully saturated rings. The van der Waals surface area contributed by atoms with Gasteiger partial charge in [-0.15, -0.1) is 0 Å². The fraction of sp³-hybridized carbons (Fsp3) is 0.391. The molecule has 0 bridgehead atoms. The molecule has 0 atom stereocenters. The number of carbonyl (C=O) groups is 1. The van der Waals surface area contributed by atoms with E-state index in [9.17, 15) is 9.59 Å². The van der Waals surface area contributed by atoms with E-state index in [2.05, 4.69) is 20.2 Å². The third-order valence-corrected chi connectivity index (χ3v) is 3.48. The zero-order valence-corrected chi connectivity index (χ0v) is 20.3. The summed E-state index contributed by atoms with van der Waals surface area (Å²) in [5, 5.41) is 10.5. The van der Waals surface area contributed by atoms with Gasteiger partial charge in [-0.05, 0) is 38.1 Å². The average molecular weight is 448 g/mol. The molecule has 1 aromatic carbocycles. The zero-order valence-electron chi connectivity index (χ0n) is 20.3. The van der Waals surface area contributed by atoms with Crippen molar-refractivity contribution >= 4 is 28.3 Å². The number of aromatic nitrogens is 3. The Balaban J connectivity index is 0. The fourth-order valence-electron chi connectivity index (χ4n) is 2.12. The maximum Gasteiger partial charge on any atom is 0.273 e. The van der Waals surface area contributed by atoms with Gasteiger partial charge >= 0.3 is 0 Å². The van der Waals surface area contributed by atoms with Gasteiger partial charge in [-0.25, -0.2) is 14.9 Å². The molecule has 178 valence electrons. The van der Waals surface area contributed by atoms with Gasteiger partial charge in [-0.2, -0.15) is 0 Å². The van der Waals surface area contributed by atoms with Crippen LogP contribution in [0, 0.1) is 6.92 Å². The molecule has 0 saturated carbocycles. The summed E-state index contributed by atoms with van der Waals surface area (Å²) in [4.78, 5) is 32.9. The second-order valence-electron chi connectivity index (χ2n) is 5.72. The fourth-order valence-corrected chi connectivity index (χ4v) is 2.12. The highest BCUT2D eigenvalue weighted by Crippen LogP contribution is 2.14. The van der Waals surface area contributed by atoms with E-state index in [0.29, 0.717) is 11.3 Å². The quantitative estimate of drug-likeness (QED) is 0.311. The summed E-state index contributed by atoms with van der Waals surface area (Å²) in [5.74, 6) is -0.183. The van der Waals surface area contributed by atoms with E-state index in [0.717, 1.165) is 16.9 Å². The Labute approximate surface area is 190 Å². The SMILES string of the molecule is CC.CC.CC(=O)COO.CNc1ccccc1N.Cc1nc2cccnc2n(C)c1=O. The van der Waals surface area contributed by atoms with E-state index in [-0.39, 0.29) is 17.9 Å². The maximum atomic E-state index is 11.4. The van der Waals surface area contributed by atoms with Crippen LogP contribution in [-0.2, 0) is 16.7 Å². The summed E-state index contributed by atoms with van der Waals surface area (Å²) >= 11 is 0. The molecule has 9 nitrogen and oxygen atoms in total. The first-order valence-corrected chi connectivity index (χ1v) is 10.4. The Bertz CT molecular complexity index is 974. The molecule has 4 N–H and O–H groups in total. The van der Waals surface area contributed by atoms with Gasteiger partial charge in [-0.1, -0.05) is 39.8 Å². The summed E-state index contributed by atoms with van der Waals surface area (Å²) in [6.07, 6.45) is 1.65. The maximum absolute atomic E-state index is 11.4. The van der Waals surface area contributed by atoms with Gasteiger partial charge in [0.05, 0.1) is 11.4 Å². The van der Waals surface area contributed by atoms with Crippen LogP contribution in [0.2, 0.25) is 0 Å². The minimum atomic E-state index is -0.208. The summed E-state index contributed by atoms with van der Waals surface area (Å²) in [6.45, 7) is 10.8. The van der Waals surface area contributed by atoms with Crippen molar-refractivity contribution in [1.29, 1.82) is 0 Å². The summed E-state index contributed by atoms with van der Waals surface area (Å²) in [7, 11) is 3.55. The number of hydrogen-bond donors (Lipinski definition) is 3. The number of para-hydroxylation sites is 2. The standard InChI is InChI=1S/C9H9N3O.C7H10N2.C3H6O3.2C2H6/c1-6-9(13)12(2)8-7(11-6)4-3-5-10-8;1-9-7-5-3-2-4-6(7)8;1-3(4)2-6-5;2*1-2/h3-5H,1-2H3;2-5,9H,8H2,1H3;5H,2H2,1H3;2*1-2H3. The molecule has 0 saturated heterocycles. The Hall–Kier alpha value is -3.30.